The summed E-state index contributed by atoms with van der Waals surface area (Å²) in [6.07, 6.45) is 0.334. The van der Waals surface area contributed by atoms with Crippen molar-refractivity contribution < 1.29 is 37.2 Å². The Morgan fingerprint density at radius 2 is 1.65 bits per heavy atom. The Balaban J connectivity index is 1.78. The lowest BCUT2D eigenvalue weighted by molar-refractivity contribution is -0.0287. The molecular formula is C23H37N2O8P. The van der Waals surface area contributed by atoms with Gasteiger partial charge in [0.15, 0.2) is 0 Å². The third-order valence-electron chi connectivity index (χ3n) is 4.47. The van der Waals surface area contributed by atoms with Crippen molar-refractivity contribution in [3.8, 4) is 0 Å². The number of alkyl carbamates (subject to hydrolysis) is 1. The van der Waals surface area contributed by atoms with Gasteiger partial charge < -0.3 is 19.7 Å². The van der Waals surface area contributed by atoms with Gasteiger partial charge in [0.05, 0.1) is 17.2 Å². The Labute approximate surface area is 201 Å². The van der Waals surface area contributed by atoms with Gasteiger partial charge in [0.25, 0.3) is 0 Å². The highest BCUT2D eigenvalue weighted by molar-refractivity contribution is 7.48. The van der Waals surface area contributed by atoms with E-state index >= 15 is 0 Å². The summed E-state index contributed by atoms with van der Waals surface area (Å²) in [5, 5.41) is 2.60. The van der Waals surface area contributed by atoms with Crippen LogP contribution in [0.3, 0.4) is 0 Å². The Bertz CT molecular complexity index is 831. The molecule has 1 saturated heterocycles. The SMILES string of the molecule is CC(C)(C)OP(=O)(OCOC(=O)NC[C@@H]1CCCN1C(=O)OCc1ccccc1)OC(C)(C)C. The van der Waals surface area contributed by atoms with Crippen molar-refractivity contribution in [3.63, 3.8) is 0 Å². The minimum atomic E-state index is -3.99. The summed E-state index contributed by atoms with van der Waals surface area (Å²) in [5.41, 5.74) is -0.703. The van der Waals surface area contributed by atoms with Crippen molar-refractivity contribution >= 4 is 20.0 Å². The number of ether oxygens (including phenoxy) is 2. The number of nitrogens with zero attached hydrogens (tertiary/aromatic N) is 1. The van der Waals surface area contributed by atoms with E-state index in [2.05, 4.69) is 5.32 Å². The molecular weight excluding hydrogens is 463 g/mol. The quantitative estimate of drug-likeness (QED) is 0.362. The second kappa shape index (κ2) is 12.0. The Kier molecular flexibility index (Phi) is 9.94. The van der Waals surface area contributed by atoms with Crippen molar-refractivity contribution in [1.82, 2.24) is 10.2 Å². The van der Waals surface area contributed by atoms with Crippen molar-refractivity contribution in [2.45, 2.75) is 78.2 Å². The van der Waals surface area contributed by atoms with Crippen LogP contribution in [0.25, 0.3) is 0 Å². The van der Waals surface area contributed by atoms with Crippen LogP contribution in [-0.2, 0) is 34.2 Å². The molecule has 1 aromatic rings. The van der Waals surface area contributed by atoms with Gasteiger partial charge in [-0.25, -0.2) is 18.7 Å². The third-order valence-corrected chi connectivity index (χ3v) is 6.44. The summed E-state index contributed by atoms with van der Waals surface area (Å²) in [6.45, 7) is 10.6. The molecule has 0 unspecified atom stereocenters. The number of hydrogen-bond donors (Lipinski definition) is 1. The highest BCUT2D eigenvalue weighted by Crippen LogP contribution is 2.55. The van der Waals surface area contributed by atoms with E-state index < -0.39 is 38.0 Å². The molecule has 1 aromatic carbocycles. The summed E-state index contributed by atoms with van der Waals surface area (Å²) in [7, 11) is -3.99. The molecule has 0 spiro atoms. The van der Waals surface area contributed by atoms with Gasteiger partial charge >= 0.3 is 20.0 Å². The largest absolute Gasteiger partial charge is 0.478 e. The van der Waals surface area contributed by atoms with Crippen molar-refractivity contribution in [3.05, 3.63) is 35.9 Å². The minimum absolute atomic E-state index is 0.184. The van der Waals surface area contributed by atoms with Gasteiger partial charge in [0, 0.05) is 13.1 Å². The molecule has 34 heavy (non-hydrogen) atoms. The number of carbonyl (C=O) groups excluding carboxylic acids is 2. The molecule has 2 amide bonds. The maximum absolute atomic E-state index is 12.9. The minimum Gasteiger partial charge on any atom is -0.445 e. The van der Waals surface area contributed by atoms with E-state index in [-0.39, 0.29) is 19.2 Å². The topological polar surface area (TPSA) is 113 Å². The van der Waals surface area contributed by atoms with E-state index in [1.54, 1.807) is 46.4 Å². The van der Waals surface area contributed by atoms with Gasteiger partial charge in [0.1, 0.15) is 6.61 Å². The van der Waals surface area contributed by atoms with Gasteiger partial charge in [0.2, 0.25) is 6.79 Å². The fraction of sp³-hybridized carbons (Fsp3) is 0.652. The van der Waals surface area contributed by atoms with Crippen molar-refractivity contribution in [2.75, 3.05) is 19.9 Å². The number of hydrogen-bond acceptors (Lipinski definition) is 8. The monoisotopic (exact) mass is 500 g/mol. The first-order valence-corrected chi connectivity index (χ1v) is 12.8. The van der Waals surface area contributed by atoms with Gasteiger partial charge in [-0.15, -0.1) is 0 Å². The van der Waals surface area contributed by atoms with Crippen LogP contribution < -0.4 is 5.32 Å². The lowest BCUT2D eigenvalue weighted by Gasteiger charge is -2.30. The molecule has 1 aliphatic heterocycles. The van der Waals surface area contributed by atoms with Gasteiger partial charge in [-0.2, -0.15) is 0 Å². The highest BCUT2D eigenvalue weighted by Gasteiger charge is 2.37. The Hall–Kier alpha value is -2.13. The summed E-state index contributed by atoms with van der Waals surface area (Å²) in [6, 6.07) is 9.20. The predicted octanol–water partition coefficient (Wildman–Crippen LogP) is 5.23. The number of phosphoric ester groups is 1. The zero-order valence-electron chi connectivity index (χ0n) is 20.9. The molecule has 1 atom stereocenters. The van der Waals surface area contributed by atoms with Crippen LogP contribution in [0.15, 0.2) is 30.3 Å². The summed E-state index contributed by atoms with van der Waals surface area (Å²) < 4.78 is 39.4. The third kappa shape index (κ3) is 10.4. The number of phosphoric acid groups is 1. The van der Waals surface area contributed by atoms with E-state index in [0.29, 0.717) is 6.54 Å². The molecule has 0 aliphatic carbocycles. The summed E-state index contributed by atoms with van der Waals surface area (Å²) in [4.78, 5) is 26.2. The van der Waals surface area contributed by atoms with E-state index in [1.165, 1.54) is 0 Å². The van der Waals surface area contributed by atoms with E-state index in [9.17, 15) is 14.2 Å². The predicted molar refractivity (Wildman–Crippen MR) is 126 cm³/mol. The molecule has 1 fully saturated rings. The fourth-order valence-corrected chi connectivity index (χ4v) is 4.90. The maximum Gasteiger partial charge on any atom is 0.478 e. The molecule has 0 bridgehead atoms. The molecule has 0 aromatic heterocycles. The molecule has 0 saturated carbocycles. The number of amides is 2. The van der Waals surface area contributed by atoms with Gasteiger partial charge in [-0.05, 0) is 59.9 Å². The number of rotatable bonds is 9. The van der Waals surface area contributed by atoms with Crippen LogP contribution in [0.2, 0.25) is 0 Å². The number of nitrogens with one attached hydrogen (secondary N) is 1. The Morgan fingerprint density at radius 1 is 1.03 bits per heavy atom. The van der Waals surface area contributed by atoms with E-state index in [4.69, 9.17) is 23.0 Å². The first-order chi connectivity index (χ1) is 15.8. The number of carbonyl (C=O) groups is 2. The average Bonchev–Trinajstić information content (AvgIpc) is 3.17. The van der Waals surface area contributed by atoms with Crippen LogP contribution in [0.1, 0.15) is 59.9 Å². The van der Waals surface area contributed by atoms with E-state index in [1.807, 2.05) is 30.3 Å². The molecule has 1 heterocycles. The molecule has 1 N–H and O–H groups in total. The van der Waals surface area contributed by atoms with Crippen LogP contribution in [0, 0.1) is 0 Å². The Morgan fingerprint density at radius 3 is 2.24 bits per heavy atom. The maximum atomic E-state index is 12.9. The van der Waals surface area contributed by atoms with Crippen LogP contribution in [0.4, 0.5) is 9.59 Å². The van der Waals surface area contributed by atoms with Crippen molar-refractivity contribution in [2.24, 2.45) is 0 Å². The van der Waals surface area contributed by atoms with Crippen LogP contribution in [-0.4, -0.2) is 54.2 Å². The molecule has 0 radical (unpaired) electrons. The molecule has 11 heteroatoms. The molecule has 2 rings (SSSR count). The lowest BCUT2D eigenvalue weighted by Crippen LogP contribution is -2.43. The van der Waals surface area contributed by atoms with Crippen molar-refractivity contribution in [1.29, 1.82) is 0 Å². The van der Waals surface area contributed by atoms with Gasteiger partial charge in [-0.1, -0.05) is 30.3 Å². The first-order valence-electron chi connectivity index (χ1n) is 11.3. The first kappa shape index (κ1) is 28.1. The summed E-state index contributed by atoms with van der Waals surface area (Å²) in [5.74, 6) is 0. The van der Waals surface area contributed by atoms with Crippen LogP contribution >= 0.6 is 7.82 Å². The standard InChI is InChI=1S/C23H37N2O8P/c1-22(2,3)32-34(28,33-23(4,5)6)31-17-30-20(26)24-15-19-13-10-14-25(19)21(27)29-16-18-11-8-7-9-12-18/h7-9,11-12,19H,10,13-17H2,1-6H3,(H,24,26)/t19-/m0/s1. The zero-order chi connectivity index (χ0) is 25.4. The fourth-order valence-electron chi connectivity index (χ4n) is 3.23. The molecule has 1 aliphatic rings. The van der Waals surface area contributed by atoms with Crippen LogP contribution in [0.5, 0.6) is 0 Å². The second-order valence-corrected chi connectivity index (χ2v) is 11.5. The zero-order valence-corrected chi connectivity index (χ0v) is 21.8. The lowest BCUT2D eigenvalue weighted by atomic mass is 10.2. The average molecular weight is 501 g/mol. The number of benzene rings is 1. The normalized spacial score (nSPS) is 16.9. The highest BCUT2D eigenvalue weighted by atomic mass is 31.2. The van der Waals surface area contributed by atoms with Gasteiger partial charge in [-0.3, -0.25) is 9.05 Å². The van der Waals surface area contributed by atoms with E-state index in [0.717, 1.165) is 18.4 Å². The summed E-state index contributed by atoms with van der Waals surface area (Å²) >= 11 is 0. The second-order valence-electron chi connectivity index (χ2n) is 9.94. The number of likely N-dealkylation sites (tertiary alicyclic amines) is 1. The molecule has 192 valence electrons. The molecule has 10 nitrogen and oxygen atoms in total. The smallest absolute Gasteiger partial charge is 0.445 e.